The summed E-state index contributed by atoms with van der Waals surface area (Å²) in [6.07, 6.45) is -5.35. The van der Waals surface area contributed by atoms with Crippen LogP contribution in [0.25, 0.3) is 0 Å². The molecule has 3 aliphatic heterocycles. The molecule has 1 radical (unpaired) electrons. The van der Waals surface area contributed by atoms with E-state index in [-0.39, 0.29) is 40.9 Å². The van der Waals surface area contributed by atoms with E-state index in [1.165, 1.54) is 0 Å². The van der Waals surface area contributed by atoms with Gasteiger partial charge in [-0.15, -0.1) is 0 Å². The smallest absolute Gasteiger partial charge is 0.412 e. The molecule has 189 valence electrons. The van der Waals surface area contributed by atoms with Crippen LogP contribution < -0.4 is 5.32 Å². The fourth-order valence-corrected chi connectivity index (χ4v) is 5.83. The maximum Gasteiger partial charge on any atom is 0.490 e. The van der Waals surface area contributed by atoms with Crippen molar-refractivity contribution in [3.05, 3.63) is 0 Å². The summed E-state index contributed by atoms with van der Waals surface area (Å²) in [6, 6.07) is -1.13. The Morgan fingerprint density at radius 2 is 1.74 bits per heavy atom. The zero-order chi connectivity index (χ0) is 24.1. The number of carbonyl (C=O) groups is 1. The van der Waals surface area contributed by atoms with Crippen LogP contribution in [-0.4, -0.2) is 131 Å². The molecule has 3 rings (SSSR count). The van der Waals surface area contributed by atoms with Crippen LogP contribution in [0.4, 0.5) is 0 Å². The predicted octanol–water partition coefficient (Wildman–Crippen LogP) is -4.25. The van der Waals surface area contributed by atoms with Gasteiger partial charge in [0.25, 0.3) is 5.91 Å². The summed E-state index contributed by atoms with van der Waals surface area (Å²) in [5, 5.41) is 30.0. The van der Waals surface area contributed by atoms with Crippen molar-refractivity contribution in [2.75, 3.05) is 6.61 Å². The topological polar surface area (TPSA) is 322 Å². The first kappa shape index (κ1) is 31.6. The number of hydrogen-bond acceptors (Lipinski definition) is 13. The fraction of sp³-hybridized carbons (Fsp3) is 0.600. The van der Waals surface area contributed by atoms with Crippen LogP contribution in [0.15, 0.2) is 9.98 Å². The van der Waals surface area contributed by atoms with Crippen molar-refractivity contribution in [2.24, 2.45) is 9.98 Å². The van der Waals surface area contributed by atoms with Gasteiger partial charge in [0.05, 0.1) is 12.9 Å². The number of aliphatic hydroxyl groups excluding tert-OH is 2. The molecule has 0 aromatic heterocycles. The third-order valence-corrected chi connectivity index (χ3v) is 7.80. The number of amidine groups is 1. The van der Waals surface area contributed by atoms with Crippen molar-refractivity contribution in [1.29, 1.82) is 5.41 Å². The number of ether oxygens (including phenoxy) is 1. The van der Waals surface area contributed by atoms with Crippen molar-refractivity contribution in [3.8, 4) is 0 Å². The van der Waals surface area contributed by atoms with Gasteiger partial charge >= 0.3 is 23.5 Å². The number of phosphoric acid groups is 3. The second kappa shape index (κ2) is 11.3. The zero-order valence-electron chi connectivity index (χ0n) is 16.8. The van der Waals surface area contributed by atoms with Crippen molar-refractivity contribution in [3.63, 3.8) is 0 Å². The Labute approximate surface area is 211 Å². The third kappa shape index (κ3) is 7.52. The van der Waals surface area contributed by atoms with Crippen LogP contribution in [0.1, 0.15) is 0 Å². The summed E-state index contributed by atoms with van der Waals surface area (Å²) in [5.74, 6) is -1.27. The number of aliphatic imine (C=N–C) groups is 2. The van der Waals surface area contributed by atoms with Crippen LogP contribution >= 0.6 is 23.5 Å². The molecule has 0 bridgehead atoms. The molecule has 1 fully saturated rings. The van der Waals surface area contributed by atoms with E-state index in [0.29, 0.717) is 0 Å². The molecule has 0 spiro atoms. The zero-order valence-corrected chi connectivity index (χ0v) is 21.5. The van der Waals surface area contributed by atoms with E-state index in [4.69, 9.17) is 24.8 Å². The molecule has 3 aliphatic rings. The number of amides is 1. The van der Waals surface area contributed by atoms with Gasteiger partial charge in [0.2, 0.25) is 5.96 Å². The Morgan fingerprint density at radius 1 is 1.12 bits per heavy atom. The summed E-state index contributed by atoms with van der Waals surface area (Å²) in [7, 11) is -16.8. The van der Waals surface area contributed by atoms with E-state index >= 15 is 0 Å². The Kier molecular flexibility index (Phi) is 10.5. The Hall–Kier alpha value is -0.470. The molecule has 34 heavy (non-hydrogen) atoms. The van der Waals surface area contributed by atoms with Gasteiger partial charge in [-0.2, -0.15) is 13.6 Å². The molecule has 10 N–H and O–H groups in total. The maximum absolute atomic E-state index is 11.8. The van der Waals surface area contributed by atoms with Crippen molar-refractivity contribution in [1.82, 2.24) is 10.2 Å². The number of phosphoric ester groups is 1. The molecular formula is C10H18N5NaO15P3. The summed E-state index contributed by atoms with van der Waals surface area (Å²) < 4.78 is 50.5. The minimum absolute atomic E-state index is 0. The predicted molar refractivity (Wildman–Crippen MR) is 107 cm³/mol. The van der Waals surface area contributed by atoms with E-state index < -0.39 is 72.5 Å². The molecule has 3 heterocycles. The van der Waals surface area contributed by atoms with Gasteiger partial charge in [-0.25, -0.2) is 13.7 Å². The van der Waals surface area contributed by atoms with Crippen molar-refractivity contribution < 1.29 is 71.6 Å². The molecule has 0 aromatic carbocycles. The average molecular weight is 564 g/mol. The second-order valence-electron chi connectivity index (χ2n) is 6.32. The Morgan fingerprint density at radius 3 is 2.32 bits per heavy atom. The van der Waals surface area contributed by atoms with Gasteiger partial charge in [0, 0.05) is 29.6 Å². The summed E-state index contributed by atoms with van der Waals surface area (Å²) in [5.41, 5.74) is 0. The molecule has 0 aliphatic carbocycles. The molecular weight excluding hydrogens is 546 g/mol. The van der Waals surface area contributed by atoms with Crippen LogP contribution in [0.3, 0.4) is 0 Å². The number of nitrogens with one attached hydrogen (secondary N) is 2. The second-order valence-corrected chi connectivity index (χ2v) is 10.7. The average Bonchev–Trinajstić information content (AvgIpc) is 3.12. The van der Waals surface area contributed by atoms with Gasteiger partial charge in [0.1, 0.15) is 18.3 Å². The number of hydrogen-bond donors (Lipinski definition) is 8. The number of fused-ring (bicyclic) bond motifs is 1. The molecule has 0 aromatic rings. The third-order valence-electron chi connectivity index (χ3n) is 3.99. The fourth-order valence-electron chi connectivity index (χ4n) is 2.80. The van der Waals surface area contributed by atoms with Crippen LogP contribution in [0, 0.1) is 5.41 Å². The minimum Gasteiger partial charge on any atom is -0.412 e. The van der Waals surface area contributed by atoms with Gasteiger partial charge < -0.3 is 40.0 Å². The summed E-state index contributed by atoms with van der Waals surface area (Å²) >= 11 is 0. The first-order valence-electron chi connectivity index (χ1n) is 8.18. The van der Waals surface area contributed by atoms with E-state index in [0.717, 1.165) is 11.2 Å². The maximum atomic E-state index is 11.8. The molecule has 24 heteroatoms. The number of carbonyl (C=O) groups excluding carboxylic acids is 1. The largest absolute Gasteiger partial charge is 0.490 e. The van der Waals surface area contributed by atoms with Gasteiger partial charge in [-0.05, 0) is 0 Å². The SMILES string of the molecule is N=C1N=C2C(N=CN2[C@@H]2O[C@H](COP(=O)(O)OP(=O)(O)OP(=O)(O)O)[C@@H](O)[C@H]2O)C(=O)N1.O.[Na]. The van der Waals surface area contributed by atoms with Gasteiger partial charge in [-0.1, -0.05) is 0 Å². The van der Waals surface area contributed by atoms with Crippen LogP contribution in [0.2, 0.25) is 0 Å². The van der Waals surface area contributed by atoms with Crippen molar-refractivity contribution >= 4 is 77.1 Å². The molecule has 1 saturated heterocycles. The Balaban J connectivity index is 0.00000289. The molecule has 20 nitrogen and oxygen atoms in total. The number of rotatable bonds is 8. The van der Waals surface area contributed by atoms with E-state index in [1.54, 1.807) is 0 Å². The van der Waals surface area contributed by atoms with E-state index in [2.05, 4.69) is 28.4 Å². The quantitative estimate of drug-likeness (QED) is 0.102. The number of guanidine groups is 1. The van der Waals surface area contributed by atoms with Crippen molar-refractivity contribution in [2.45, 2.75) is 30.6 Å². The first-order chi connectivity index (χ1) is 14.6. The molecule has 3 unspecified atom stereocenters. The molecule has 7 atom stereocenters. The van der Waals surface area contributed by atoms with Gasteiger partial charge in [-0.3, -0.25) is 29.9 Å². The molecule has 1 amide bonds. The van der Waals surface area contributed by atoms with Crippen LogP contribution in [-0.2, 0) is 36.4 Å². The normalized spacial score (nSPS) is 32.0. The number of aliphatic hydroxyl groups is 2. The van der Waals surface area contributed by atoms with Crippen LogP contribution in [0.5, 0.6) is 0 Å². The number of nitrogens with zero attached hydrogens (tertiary/aromatic N) is 3. The summed E-state index contributed by atoms with van der Waals surface area (Å²) in [6.45, 7) is -1.02. The van der Waals surface area contributed by atoms with E-state index in [9.17, 15) is 33.6 Å². The van der Waals surface area contributed by atoms with Gasteiger partial charge in [0.15, 0.2) is 18.1 Å². The molecule has 0 saturated carbocycles. The Bertz CT molecular complexity index is 1020. The summed E-state index contributed by atoms with van der Waals surface area (Å²) in [4.78, 5) is 56.1. The monoisotopic (exact) mass is 564 g/mol. The van der Waals surface area contributed by atoms with E-state index in [1.807, 2.05) is 0 Å². The first-order valence-corrected chi connectivity index (χ1v) is 12.7. The minimum atomic E-state index is -5.73. The standard InChI is InChI=1S/C10H16N5O14P3.Na.H2O/c11-10-13-7-4(8(18)14-10)12-2-15(7)9-6(17)5(16)3(27-9)1-26-31(22,23)29-32(24,25)28-30(19,20)21;;/h2-6,9,16-17H,1H2,(H,22,23)(H,24,25)(H2,11,14,18)(H2,19,20,21);;1H2/t3-,4?,5-,6-,9-;;/m1../s1.